The molecule has 0 aliphatic rings. The first-order chi connectivity index (χ1) is 8.22. The van der Waals surface area contributed by atoms with E-state index in [1.165, 1.54) is 28.2 Å². The van der Waals surface area contributed by atoms with Gasteiger partial charge in [-0.3, -0.25) is 4.40 Å². The van der Waals surface area contributed by atoms with Gasteiger partial charge in [0.15, 0.2) is 0 Å². The van der Waals surface area contributed by atoms with Crippen LogP contribution >= 0.6 is 11.3 Å². The van der Waals surface area contributed by atoms with Crippen LogP contribution in [-0.2, 0) is 17.5 Å². The van der Waals surface area contributed by atoms with Crippen molar-refractivity contribution in [1.29, 1.82) is 0 Å². The molecule has 2 rings (SSSR count). The lowest BCUT2D eigenvalue weighted by molar-refractivity contribution is 0.316. The minimum Gasteiger partial charge on any atom is -0.412 e. The number of aromatic nitrogens is 2. The van der Waals surface area contributed by atoms with Crippen LogP contribution in [0.2, 0.25) is 13.1 Å². The zero-order valence-electron chi connectivity index (χ0n) is 10.7. The molecule has 0 spiro atoms. The molecule has 1 radical (unpaired) electrons. The van der Waals surface area contributed by atoms with Crippen molar-refractivity contribution >= 4 is 25.2 Å². The first-order valence-electron chi connectivity index (χ1n) is 6.08. The number of imidazole rings is 1. The van der Waals surface area contributed by atoms with Gasteiger partial charge in [0.05, 0.1) is 17.7 Å². The molecule has 0 bridgehead atoms. The highest BCUT2D eigenvalue weighted by Gasteiger charge is 2.12. The van der Waals surface area contributed by atoms with Crippen molar-refractivity contribution in [3.8, 4) is 0 Å². The Kier molecular flexibility index (Phi) is 4.36. The number of unbranched alkanes of at least 4 members (excludes halogenated alkanes) is 1. The van der Waals surface area contributed by atoms with Crippen LogP contribution in [0.3, 0.4) is 0 Å². The lowest BCUT2D eigenvalue weighted by atomic mass is 10.2. The van der Waals surface area contributed by atoms with Gasteiger partial charge in [-0.05, 0) is 25.9 Å². The lowest BCUT2D eigenvalue weighted by Crippen LogP contribution is -2.08. The molecule has 0 saturated heterocycles. The van der Waals surface area contributed by atoms with Gasteiger partial charge in [-0.25, -0.2) is 4.98 Å². The summed E-state index contributed by atoms with van der Waals surface area (Å²) in [6.07, 6.45) is 7.44. The van der Waals surface area contributed by atoms with Gasteiger partial charge >= 0.3 is 0 Å². The topological polar surface area (TPSA) is 26.5 Å². The molecule has 0 saturated carbocycles. The highest BCUT2D eigenvalue weighted by molar-refractivity contribution is 7.17. The lowest BCUT2D eigenvalue weighted by Gasteiger charge is -2.07. The van der Waals surface area contributed by atoms with Crippen LogP contribution in [0.5, 0.6) is 0 Å². The molecular formula is C12H19N2OSSi. The molecule has 2 heterocycles. The van der Waals surface area contributed by atoms with Crippen molar-refractivity contribution in [3.63, 3.8) is 0 Å². The number of thiazole rings is 1. The minimum absolute atomic E-state index is 0.607. The van der Waals surface area contributed by atoms with Crippen molar-refractivity contribution in [3.05, 3.63) is 23.1 Å². The van der Waals surface area contributed by atoms with E-state index < -0.39 is 9.04 Å². The van der Waals surface area contributed by atoms with Crippen LogP contribution in [0.25, 0.3) is 4.83 Å². The third kappa shape index (κ3) is 2.97. The van der Waals surface area contributed by atoms with E-state index in [1.54, 1.807) is 0 Å². The van der Waals surface area contributed by atoms with Gasteiger partial charge in [0.2, 0.25) is 9.04 Å². The Bertz CT molecular complexity index is 478. The second kappa shape index (κ2) is 5.80. The van der Waals surface area contributed by atoms with Crippen molar-refractivity contribution in [2.75, 3.05) is 0 Å². The zero-order chi connectivity index (χ0) is 12.3. The van der Waals surface area contributed by atoms with E-state index in [4.69, 9.17) is 4.43 Å². The summed E-state index contributed by atoms with van der Waals surface area (Å²) in [5.74, 6) is 0. The molecule has 5 heteroatoms. The highest BCUT2D eigenvalue weighted by atomic mass is 32.1. The smallest absolute Gasteiger partial charge is 0.205 e. The number of rotatable bonds is 6. The summed E-state index contributed by atoms with van der Waals surface area (Å²) in [6.45, 7) is 7.36. The SMILES string of the molecule is CCCCc1c(CO[Si](C)C)sc2cncn12. The van der Waals surface area contributed by atoms with Crippen molar-refractivity contribution in [1.82, 2.24) is 9.38 Å². The second-order valence-corrected chi connectivity index (χ2v) is 7.59. The third-order valence-electron chi connectivity index (χ3n) is 2.70. The minimum atomic E-state index is -0.607. The normalized spacial score (nSPS) is 11.8. The Morgan fingerprint density at radius 3 is 3.00 bits per heavy atom. The molecule has 0 aromatic carbocycles. The van der Waals surface area contributed by atoms with E-state index >= 15 is 0 Å². The van der Waals surface area contributed by atoms with Gasteiger partial charge in [-0.1, -0.05) is 13.3 Å². The Morgan fingerprint density at radius 1 is 1.47 bits per heavy atom. The molecule has 0 fully saturated rings. The highest BCUT2D eigenvalue weighted by Crippen LogP contribution is 2.25. The summed E-state index contributed by atoms with van der Waals surface area (Å²) in [5, 5.41) is 0. The quantitative estimate of drug-likeness (QED) is 0.749. The average Bonchev–Trinajstić information content (AvgIpc) is 2.84. The number of hydrogen-bond acceptors (Lipinski definition) is 3. The van der Waals surface area contributed by atoms with E-state index in [2.05, 4.69) is 29.4 Å². The summed E-state index contributed by atoms with van der Waals surface area (Å²) in [7, 11) is -0.607. The molecule has 0 amide bonds. The predicted molar refractivity (Wildman–Crippen MR) is 74.0 cm³/mol. The van der Waals surface area contributed by atoms with E-state index in [9.17, 15) is 0 Å². The van der Waals surface area contributed by atoms with Crippen LogP contribution < -0.4 is 0 Å². The van der Waals surface area contributed by atoms with Gasteiger partial charge in [-0.15, -0.1) is 11.3 Å². The number of aryl methyl sites for hydroxylation is 1. The van der Waals surface area contributed by atoms with Crippen LogP contribution in [0.1, 0.15) is 30.3 Å². The molecule has 0 N–H and O–H groups in total. The van der Waals surface area contributed by atoms with Crippen LogP contribution in [0, 0.1) is 0 Å². The first-order valence-corrected chi connectivity index (χ1v) is 9.30. The Labute approximate surface area is 108 Å². The molecule has 0 aliphatic carbocycles. The standard InChI is InChI=1S/C12H19N2OSSi/c1-4-5-6-10-11(8-15-17(2)3)16-12-7-13-9-14(10)12/h7,9H,4-6,8H2,1-3H3. The number of fused-ring (bicyclic) bond motifs is 1. The molecule has 17 heavy (non-hydrogen) atoms. The summed E-state index contributed by atoms with van der Waals surface area (Å²) >= 11 is 1.81. The molecule has 2 aromatic rings. The van der Waals surface area contributed by atoms with Crippen molar-refractivity contribution < 1.29 is 4.43 Å². The predicted octanol–water partition coefficient (Wildman–Crippen LogP) is 3.51. The fraction of sp³-hybridized carbons (Fsp3) is 0.583. The van der Waals surface area contributed by atoms with E-state index in [-0.39, 0.29) is 0 Å². The summed E-state index contributed by atoms with van der Waals surface area (Å²) in [6, 6.07) is 0. The monoisotopic (exact) mass is 267 g/mol. The average molecular weight is 267 g/mol. The molecule has 0 atom stereocenters. The largest absolute Gasteiger partial charge is 0.412 e. The Balaban J connectivity index is 2.22. The Morgan fingerprint density at radius 2 is 2.29 bits per heavy atom. The van der Waals surface area contributed by atoms with Gasteiger partial charge in [0.1, 0.15) is 11.2 Å². The molecule has 0 aliphatic heterocycles. The van der Waals surface area contributed by atoms with Crippen LogP contribution in [-0.4, -0.2) is 18.4 Å². The molecule has 93 valence electrons. The second-order valence-electron chi connectivity index (χ2n) is 4.37. The maximum Gasteiger partial charge on any atom is 0.205 e. The number of nitrogens with zero attached hydrogens (tertiary/aromatic N) is 2. The van der Waals surface area contributed by atoms with Crippen molar-refractivity contribution in [2.24, 2.45) is 0 Å². The summed E-state index contributed by atoms with van der Waals surface area (Å²) in [5.41, 5.74) is 1.40. The van der Waals surface area contributed by atoms with E-state index in [0.29, 0.717) is 0 Å². The fourth-order valence-corrected chi connectivity index (χ4v) is 3.40. The van der Waals surface area contributed by atoms with Gasteiger partial charge in [-0.2, -0.15) is 0 Å². The molecule has 2 aromatic heterocycles. The zero-order valence-corrected chi connectivity index (χ0v) is 12.5. The first kappa shape index (κ1) is 12.8. The third-order valence-corrected chi connectivity index (χ3v) is 4.54. The molecule has 0 unspecified atom stereocenters. The Hall–Kier alpha value is -0.653. The van der Waals surface area contributed by atoms with Gasteiger partial charge in [0.25, 0.3) is 0 Å². The van der Waals surface area contributed by atoms with Crippen molar-refractivity contribution in [2.45, 2.75) is 45.9 Å². The van der Waals surface area contributed by atoms with E-state index in [0.717, 1.165) is 13.0 Å². The van der Waals surface area contributed by atoms with Crippen LogP contribution in [0.4, 0.5) is 0 Å². The van der Waals surface area contributed by atoms with E-state index in [1.807, 2.05) is 23.9 Å². The molecule has 3 nitrogen and oxygen atoms in total. The fourth-order valence-electron chi connectivity index (χ4n) is 1.81. The molecular weight excluding hydrogens is 248 g/mol. The maximum atomic E-state index is 5.83. The van der Waals surface area contributed by atoms with Crippen LogP contribution in [0.15, 0.2) is 12.5 Å². The number of hydrogen-bond donors (Lipinski definition) is 0. The van der Waals surface area contributed by atoms with Gasteiger partial charge < -0.3 is 4.43 Å². The van der Waals surface area contributed by atoms with Gasteiger partial charge in [0, 0.05) is 5.69 Å². The summed E-state index contributed by atoms with van der Waals surface area (Å²) in [4.78, 5) is 6.81. The summed E-state index contributed by atoms with van der Waals surface area (Å²) < 4.78 is 8.04. The maximum absolute atomic E-state index is 5.83.